The van der Waals surface area contributed by atoms with Gasteiger partial charge in [0.25, 0.3) is 0 Å². The van der Waals surface area contributed by atoms with Gasteiger partial charge in [0.05, 0.1) is 10.7 Å². The zero-order valence-corrected chi connectivity index (χ0v) is 21.3. The lowest BCUT2D eigenvalue weighted by molar-refractivity contribution is -0.142. The van der Waals surface area contributed by atoms with Crippen molar-refractivity contribution >= 4 is 39.3 Å². The average Bonchev–Trinajstić information content (AvgIpc) is 3.36. The van der Waals surface area contributed by atoms with Crippen LogP contribution in [-0.2, 0) is 30.8 Å². The number of hydrogen-bond donors (Lipinski definition) is 5. The molecule has 0 aromatic heterocycles. The molecular formula is C25H31N5O6S. The highest BCUT2D eigenvalue weighted by molar-refractivity contribution is 7.89. The van der Waals surface area contributed by atoms with Gasteiger partial charge < -0.3 is 21.1 Å². The zero-order chi connectivity index (χ0) is 27.0. The number of benzene rings is 2. The third-order valence-electron chi connectivity index (χ3n) is 5.89. The molecule has 2 aromatic carbocycles. The quantitative estimate of drug-likeness (QED) is 0.217. The Bertz CT molecular complexity index is 1230. The lowest BCUT2D eigenvalue weighted by Crippen LogP contribution is -2.51. The van der Waals surface area contributed by atoms with E-state index in [1.807, 2.05) is 0 Å². The summed E-state index contributed by atoms with van der Waals surface area (Å²) >= 11 is 0. The normalized spacial score (nSPS) is 16.5. The molecule has 1 aliphatic heterocycles. The molecule has 0 saturated carbocycles. The van der Waals surface area contributed by atoms with Crippen molar-refractivity contribution in [2.75, 3.05) is 18.4 Å². The molecular weight excluding hydrogens is 498 g/mol. The molecule has 1 heterocycles. The number of carbonyl (C=O) groups excluding carboxylic acids is 2. The molecule has 0 spiro atoms. The Morgan fingerprint density at radius 2 is 1.78 bits per heavy atom. The van der Waals surface area contributed by atoms with Crippen molar-refractivity contribution in [3.05, 3.63) is 60.2 Å². The number of amidine groups is 1. The van der Waals surface area contributed by atoms with Crippen LogP contribution in [0, 0.1) is 5.41 Å². The fourth-order valence-corrected chi connectivity index (χ4v) is 5.71. The van der Waals surface area contributed by atoms with Gasteiger partial charge in [-0.3, -0.25) is 15.0 Å². The van der Waals surface area contributed by atoms with Gasteiger partial charge >= 0.3 is 5.97 Å². The van der Waals surface area contributed by atoms with Crippen LogP contribution in [0.25, 0.3) is 0 Å². The number of hydrogen-bond acceptors (Lipinski definition) is 6. The van der Waals surface area contributed by atoms with Gasteiger partial charge in [-0.25, -0.2) is 13.2 Å². The molecule has 12 heteroatoms. The lowest BCUT2D eigenvalue weighted by atomic mass is 10.0. The van der Waals surface area contributed by atoms with Crippen LogP contribution in [0.4, 0.5) is 5.69 Å². The van der Waals surface area contributed by atoms with Crippen LogP contribution in [-0.4, -0.2) is 66.6 Å². The smallest absolute Gasteiger partial charge is 0.326 e. The molecule has 5 N–H and O–H groups in total. The Kier molecular flexibility index (Phi) is 9.36. The lowest BCUT2D eigenvalue weighted by Gasteiger charge is -2.25. The van der Waals surface area contributed by atoms with Crippen LogP contribution in [0.15, 0.2) is 59.5 Å². The van der Waals surface area contributed by atoms with E-state index in [9.17, 15) is 27.9 Å². The molecule has 3 rings (SSSR count). The van der Waals surface area contributed by atoms with Crippen molar-refractivity contribution in [3.63, 3.8) is 0 Å². The monoisotopic (exact) mass is 529 g/mol. The summed E-state index contributed by atoms with van der Waals surface area (Å²) in [6.45, 7) is 2.10. The second-order valence-corrected chi connectivity index (χ2v) is 10.6. The van der Waals surface area contributed by atoms with Gasteiger partial charge in [0, 0.05) is 31.6 Å². The highest BCUT2D eigenvalue weighted by atomic mass is 32.2. The third-order valence-corrected chi connectivity index (χ3v) is 7.81. The first-order valence-corrected chi connectivity index (χ1v) is 13.3. The van der Waals surface area contributed by atoms with E-state index in [2.05, 4.69) is 16.0 Å². The van der Waals surface area contributed by atoms with E-state index in [1.165, 1.54) is 12.1 Å². The molecule has 2 aromatic rings. The zero-order valence-electron chi connectivity index (χ0n) is 20.4. The second-order valence-electron chi connectivity index (χ2n) is 8.74. The highest BCUT2D eigenvalue weighted by Crippen LogP contribution is 2.26. The van der Waals surface area contributed by atoms with Crippen molar-refractivity contribution in [2.24, 2.45) is 0 Å². The van der Waals surface area contributed by atoms with Crippen LogP contribution in [0.2, 0.25) is 0 Å². The van der Waals surface area contributed by atoms with Crippen LogP contribution < -0.4 is 16.0 Å². The molecule has 1 fully saturated rings. The molecule has 2 amide bonds. The fraction of sp³-hybridized carbons (Fsp3) is 0.360. The number of sulfonamides is 1. The number of carboxylic acid groups (broad SMARTS) is 1. The Balaban J connectivity index is 1.61. The van der Waals surface area contributed by atoms with E-state index in [0.717, 1.165) is 4.31 Å². The molecule has 1 aliphatic rings. The SMILES string of the molecule is CC(=N)NCCC(=O)Nc1ccc(CC(NC(=O)C2CCCN2S(=O)(=O)c2ccccc2)C(=O)O)cc1. The molecule has 37 heavy (non-hydrogen) atoms. The van der Waals surface area contributed by atoms with E-state index in [-0.39, 0.29) is 36.0 Å². The summed E-state index contributed by atoms with van der Waals surface area (Å²) in [6, 6.07) is 12.1. The first-order valence-electron chi connectivity index (χ1n) is 11.9. The first kappa shape index (κ1) is 27.8. The van der Waals surface area contributed by atoms with Gasteiger partial charge in [0.15, 0.2) is 0 Å². The summed E-state index contributed by atoms with van der Waals surface area (Å²) in [6.07, 6.45) is 0.957. The summed E-state index contributed by atoms with van der Waals surface area (Å²) < 4.78 is 27.2. The standard InChI is InChI=1S/C25H31N5O6S/c1-17(26)27-14-13-23(31)28-19-11-9-18(10-12-19)16-21(25(33)34)29-24(32)22-8-5-15-30(22)37(35,36)20-6-3-2-4-7-20/h2-4,6-7,9-12,21-22H,5,8,13-16H2,1H3,(H2,26,27)(H,28,31)(H,29,32)(H,33,34). The highest BCUT2D eigenvalue weighted by Gasteiger charge is 2.40. The molecule has 0 aliphatic carbocycles. The van der Waals surface area contributed by atoms with E-state index >= 15 is 0 Å². The summed E-state index contributed by atoms with van der Waals surface area (Å²) in [4.78, 5) is 37.0. The van der Waals surface area contributed by atoms with Gasteiger partial charge in [0.2, 0.25) is 21.8 Å². The Labute approximate surface area is 215 Å². The number of anilines is 1. The third kappa shape index (κ3) is 7.61. The van der Waals surface area contributed by atoms with E-state index < -0.39 is 34.0 Å². The van der Waals surface area contributed by atoms with Gasteiger partial charge in [-0.2, -0.15) is 4.31 Å². The molecule has 11 nitrogen and oxygen atoms in total. The van der Waals surface area contributed by atoms with Crippen LogP contribution in [0.1, 0.15) is 31.7 Å². The summed E-state index contributed by atoms with van der Waals surface area (Å²) in [5.41, 5.74) is 1.15. The molecule has 0 bridgehead atoms. The number of aliphatic carboxylic acids is 1. The molecule has 1 saturated heterocycles. The van der Waals surface area contributed by atoms with Crippen molar-refractivity contribution in [1.29, 1.82) is 5.41 Å². The number of amides is 2. The Morgan fingerprint density at radius 3 is 2.41 bits per heavy atom. The van der Waals surface area contributed by atoms with Crippen molar-refractivity contribution in [2.45, 2.75) is 49.6 Å². The van der Waals surface area contributed by atoms with Gasteiger partial charge in [0.1, 0.15) is 12.1 Å². The maximum atomic E-state index is 13.0. The summed E-state index contributed by atoms with van der Waals surface area (Å²) in [5.74, 6) is -1.85. The number of nitrogens with one attached hydrogen (secondary N) is 4. The largest absolute Gasteiger partial charge is 0.480 e. The minimum Gasteiger partial charge on any atom is -0.480 e. The predicted octanol–water partition coefficient (Wildman–Crippen LogP) is 1.57. The minimum absolute atomic E-state index is 0.0179. The predicted molar refractivity (Wildman–Crippen MR) is 138 cm³/mol. The average molecular weight is 530 g/mol. The van der Waals surface area contributed by atoms with Gasteiger partial charge in [-0.1, -0.05) is 30.3 Å². The molecule has 0 radical (unpaired) electrons. The van der Waals surface area contributed by atoms with Gasteiger partial charge in [-0.15, -0.1) is 0 Å². The number of rotatable bonds is 11. The maximum Gasteiger partial charge on any atom is 0.326 e. The van der Waals surface area contributed by atoms with Crippen molar-refractivity contribution < 1.29 is 27.9 Å². The number of carbonyl (C=O) groups is 3. The summed E-state index contributed by atoms with van der Waals surface area (Å²) in [5, 5.41) is 25.0. The van der Waals surface area contributed by atoms with E-state index in [1.54, 1.807) is 49.4 Å². The van der Waals surface area contributed by atoms with Crippen LogP contribution in [0.5, 0.6) is 0 Å². The Hall–Kier alpha value is -3.77. The van der Waals surface area contributed by atoms with E-state index in [0.29, 0.717) is 30.6 Å². The topological polar surface area (TPSA) is 169 Å². The second kappa shape index (κ2) is 12.5. The number of carboxylic acids is 1. The summed E-state index contributed by atoms with van der Waals surface area (Å²) in [7, 11) is -3.90. The van der Waals surface area contributed by atoms with Crippen LogP contribution in [0.3, 0.4) is 0 Å². The molecule has 198 valence electrons. The number of nitrogens with zero attached hydrogens (tertiary/aromatic N) is 1. The van der Waals surface area contributed by atoms with Crippen molar-refractivity contribution in [1.82, 2.24) is 14.9 Å². The first-order chi connectivity index (χ1) is 17.6. The maximum absolute atomic E-state index is 13.0. The van der Waals surface area contributed by atoms with E-state index in [4.69, 9.17) is 5.41 Å². The fourth-order valence-electron chi connectivity index (χ4n) is 4.03. The molecule has 2 unspecified atom stereocenters. The molecule has 2 atom stereocenters. The van der Waals surface area contributed by atoms with Crippen molar-refractivity contribution in [3.8, 4) is 0 Å². The van der Waals surface area contributed by atoms with Gasteiger partial charge in [-0.05, 0) is 49.6 Å². The Morgan fingerprint density at radius 1 is 1.11 bits per heavy atom. The van der Waals surface area contributed by atoms with Crippen LogP contribution >= 0.6 is 0 Å². The minimum atomic E-state index is -3.90.